The molecule has 45 heavy (non-hydrogen) atoms. The number of amides is 1. The van der Waals surface area contributed by atoms with Crippen molar-refractivity contribution in [1.82, 2.24) is 29.6 Å². The molecule has 0 fully saturated rings. The molecule has 3 aromatic heterocycles. The minimum Gasteiger partial charge on any atom is -0.276 e. The molecular weight excluding hydrogens is 582 g/mol. The highest BCUT2D eigenvalue weighted by Crippen LogP contribution is 2.37. The lowest BCUT2D eigenvalue weighted by Gasteiger charge is -2.21. The zero-order chi connectivity index (χ0) is 30.3. The minimum absolute atomic E-state index is 0.153. The van der Waals surface area contributed by atoms with Crippen LogP contribution in [0.15, 0.2) is 138 Å². The molecule has 9 nitrogen and oxygen atoms in total. The molecule has 1 amide bonds. The van der Waals surface area contributed by atoms with Crippen LogP contribution in [-0.2, 0) is 4.79 Å². The largest absolute Gasteiger partial charge is 0.322 e. The molecule has 4 aromatic carbocycles. The summed E-state index contributed by atoms with van der Waals surface area (Å²) in [5.74, 6) is 0.367. The van der Waals surface area contributed by atoms with Gasteiger partial charge in [-0.1, -0.05) is 78.9 Å². The summed E-state index contributed by atoms with van der Waals surface area (Å²) >= 11 is 0.996. The van der Waals surface area contributed by atoms with Crippen LogP contribution in [0.1, 0.15) is 11.1 Å². The molecule has 0 bridgehead atoms. The topological polar surface area (TPSA) is 101 Å². The number of nitrogens with zero attached hydrogens (tertiary/aromatic N) is 6. The second-order valence-electron chi connectivity index (χ2n) is 10.4. The minimum atomic E-state index is -0.206. The van der Waals surface area contributed by atoms with Gasteiger partial charge in [0.25, 0.3) is 5.91 Å². The van der Waals surface area contributed by atoms with Gasteiger partial charge in [0, 0.05) is 34.1 Å². The fraction of sp³-hybridized carbons (Fsp3) is 0. The van der Waals surface area contributed by atoms with E-state index in [0.29, 0.717) is 22.0 Å². The van der Waals surface area contributed by atoms with Crippen molar-refractivity contribution < 1.29 is 4.79 Å². The lowest BCUT2D eigenvalue weighted by atomic mass is 10.1. The number of fused-ring (bicyclic) bond motifs is 1. The lowest BCUT2D eigenvalue weighted by Crippen LogP contribution is -2.24. The monoisotopic (exact) mass is 605 g/mol. The molecule has 0 saturated heterocycles. The van der Waals surface area contributed by atoms with Crippen molar-refractivity contribution in [3.63, 3.8) is 0 Å². The van der Waals surface area contributed by atoms with Gasteiger partial charge < -0.3 is 0 Å². The first-order valence-electron chi connectivity index (χ1n) is 14.2. The number of para-hydroxylation sites is 1. The van der Waals surface area contributed by atoms with E-state index in [1.54, 1.807) is 9.42 Å². The zero-order valence-electron chi connectivity index (χ0n) is 23.6. The van der Waals surface area contributed by atoms with Crippen molar-refractivity contribution in [3.05, 3.63) is 154 Å². The standard InChI is InChI=1S/C35H23N7O2S/c43-33-26(20-27-22-40(28-14-8-3-9-15-28)38-31(27)24-12-6-2-7-13-24)21-30(23-10-4-1-5-11-23)41(33)29-18-16-25(17-19-29)32-36-37-34-42(32)39-35(44)45-34/h1-22H,(H,39,44)/b26-20+. The summed E-state index contributed by atoms with van der Waals surface area (Å²) in [4.78, 5) is 28.0. The maximum absolute atomic E-state index is 14.2. The van der Waals surface area contributed by atoms with E-state index in [4.69, 9.17) is 5.10 Å². The SMILES string of the molecule is O=C1/C(=C/c2cn(-c3ccccc3)nc2-c2ccccc2)C=C(c2ccccc2)N1c1ccc(-c2nnc3sc(=O)[nH]n23)cc1. The second-order valence-corrected chi connectivity index (χ2v) is 11.3. The van der Waals surface area contributed by atoms with Gasteiger partial charge in [-0.2, -0.15) is 5.10 Å². The first kappa shape index (κ1) is 26.5. The Kier molecular flexibility index (Phi) is 6.39. The van der Waals surface area contributed by atoms with Crippen LogP contribution in [0.25, 0.3) is 45.1 Å². The molecule has 0 saturated carbocycles. The van der Waals surface area contributed by atoms with Gasteiger partial charge in [-0.25, -0.2) is 14.3 Å². The van der Waals surface area contributed by atoms with E-state index in [0.717, 1.165) is 50.7 Å². The van der Waals surface area contributed by atoms with E-state index in [1.165, 1.54) is 0 Å². The summed E-state index contributed by atoms with van der Waals surface area (Å²) in [6.07, 6.45) is 5.80. The highest BCUT2D eigenvalue weighted by molar-refractivity contribution is 7.14. The van der Waals surface area contributed by atoms with Gasteiger partial charge in [0.05, 0.1) is 17.1 Å². The van der Waals surface area contributed by atoms with Crippen LogP contribution in [0, 0.1) is 0 Å². The predicted octanol–water partition coefficient (Wildman–Crippen LogP) is 6.47. The highest BCUT2D eigenvalue weighted by Gasteiger charge is 2.31. The number of carbonyl (C=O) groups excluding carboxylic acids is 1. The van der Waals surface area contributed by atoms with E-state index in [-0.39, 0.29) is 10.8 Å². The summed E-state index contributed by atoms with van der Waals surface area (Å²) in [6.45, 7) is 0. The summed E-state index contributed by atoms with van der Waals surface area (Å²) in [5.41, 5.74) is 7.17. The number of rotatable bonds is 6. The summed E-state index contributed by atoms with van der Waals surface area (Å²) < 4.78 is 3.41. The fourth-order valence-electron chi connectivity index (χ4n) is 5.47. The molecule has 0 aliphatic carbocycles. The third kappa shape index (κ3) is 4.79. The molecule has 7 aromatic rings. The second kappa shape index (κ2) is 10.9. The third-order valence-electron chi connectivity index (χ3n) is 7.58. The molecule has 10 heteroatoms. The van der Waals surface area contributed by atoms with E-state index in [2.05, 4.69) is 15.3 Å². The van der Waals surface area contributed by atoms with Crippen LogP contribution < -0.4 is 9.77 Å². The van der Waals surface area contributed by atoms with Crippen molar-refractivity contribution >= 4 is 39.7 Å². The number of nitrogens with one attached hydrogen (secondary N) is 1. The van der Waals surface area contributed by atoms with Crippen LogP contribution in [0.2, 0.25) is 0 Å². The lowest BCUT2D eigenvalue weighted by molar-refractivity contribution is -0.113. The van der Waals surface area contributed by atoms with Gasteiger partial charge in [-0.05, 0) is 65.5 Å². The Morgan fingerprint density at radius 2 is 1.36 bits per heavy atom. The van der Waals surface area contributed by atoms with Crippen LogP contribution in [0.5, 0.6) is 0 Å². The maximum atomic E-state index is 14.2. The number of H-pyrrole nitrogens is 1. The van der Waals surface area contributed by atoms with E-state index < -0.39 is 0 Å². The highest BCUT2D eigenvalue weighted by atomic mass is 32.1. The van der Waals surface area contributed by atoms with E-state index >= 15 is 0 Å². The third-order valence-corrected chi connectivity index (χ3v) is 8.30. The average Bonchev–Trinajstić information content (AvgIpc) is 3.85. The number of anilines is 1. The van der Waals surface area contributed by atoms with Crippen molar-refractivity contribution in [1.29, 1.82) is 0 Å². The van der Waals surface area contributed by atoms with Crippen LogP contribution in [0.3, 0.4) is 0 Å². The van der Waals surface area contributed by atoms with Crippen LogP contribution >= 0.6 is 11.3 Å². The zero-order valence-corrected chi connectivity index (χ0v) is 24.4. The molecule has 0 unspecified atom stereocenters. The van der Waals surface area contributed by atoms with E-state index in [1.807, 2.05) is 138 Å². The van der Waals surface area contributed by atoms with Gasteiger partial charge >= 0.3 is 4.87 Å². The number of hydrogen-bond acceptors (Lipinski definition) is 6. The van der Waals surface area contributed by atoms with Crippen molar-refractivity contribution in [3.8, 4) is 28.3 Å². The smallest absolute Gasteiger partial charge is 0.276 e. The normalized spacial score (nSPS) is 14.0. The molecule has 1 aliphatic heterocycles. The Hall–Kier alpha value is -6.13. The van der Waals surface area contributed by atoms with Gasteiger partial charge in [0.2, 0.25) is 4.96 Å². The number of aromatic nitrogens is 6. The molecule has 0 atom stereocenters. The molecule has 4 heterocycles. The van der Waals surface area contributed by atoms with E-state index in [9.17, 15) is 9.59 Å². The molecule has 1 N–H and O–H groups in total. The van der Waals surface area contributed by atoms with Crippen LogP contribution in [-0.4, -0.2) is 35.5 Å². The summed E-state index contributed by atoms with van der Waals surface area (Å²) in [5, 5.41) is 16.0. The van der Waals surface area contributed by atoms with Gasteiger partial charge in [0.1, 0.15) is 0 Å². The molecule has 1 aliphatic rings. The van der Waals surface area contributed by atoms with Crippen LogP contribution in [0.4, 0.5) is 5.69 Å². The van der Waals surface area contributed by atoms with Crippen molar-refractivity contribution in [2.75, 3.05) is 4.90 Å². The quantitative estimate of drug-likeness (QED) is 0.219. The predicted molar refractivity (Wildman–Crippen MR) is 176 cm³/mol. The number of aromatic amines is 1. The maximum Gasteiger partial charge on any atom is 0.322 e. The number of hydrogen-bond donors (Lipinski definition) is 1. The Labute approximate surface area is 260 Å². The average molecular weight is 606 g/mol. The Balaban J connectivity index is 1.22. The number of benzene rings is 4. The number of carbonyl (C=O) groups is 1. The van der Waals surface area contributed by atoms with Gasteiger partial charge in [-0.15, -0.1) is 10.2 Å². The fourth-order valence-corrected chi connectivity index (χ4v) is 6.08. The summed E-state index contributed by atoms with van der Waals surface area (Å²) in [6, 6.07) is 37.2. The van der Waals surface area contributed by atoms with Crippen molar-refractivity contribution in [2.24, 2.45) is 0 Å². The first-order valence-corrected chi connectivity index (χ1v) is 15.0. The molecule has 216 valence electrons. The first-order chi connectivity index (χ1) is 22.1. The molecule has 8 rings (SSSR count). The van der Waals surface area contributed by atoms with Gasteiger partial charge in [-0.3, -0.25) is 14.5 Å². The van der Waals surface area contributed by atoms with Gasteiger partial charge in [0.15, 0.2) is 5.82 Å². The Morgan fingerprint density at radius 1 is 0.689 bits per heavy atom. The molecule has 0 spiro atoms. The molecular formula is C35H23N7O2S. The van der Waals surface area contributed by atoms with Crippen molar-refractivity contribution in [2.45, 2.75) is 0 Å². The molecule has 0 radical (unpaired) electrons. The Morgan fingerprint density at radius 3 is 2.07 bits per heavy atom. The summed E-state index contributed by atoms with van der Waals surface area (Å²) in [7, 11) is 0. The Bertz CT molecular complexity index is 2300.